The SMILES string of the molecule is CNCCC1CCN(c2ccccc2F)CC1. The number of benzene rings is 1. The third kappa shape index (κ3) is 3.19. The maximum Gasteiger partial charge on any atom is 0.146 e. The molecule has 0 amide bonds. The van der Waals surface area contributed by atoms with E-state index in [0.29, 0.717) is 0 Å². The van der Waals surface area contributed by atoms with E-state index in [1.54, 1.807) is 12.1 Å². The van der Waals surface area contributed by atoms with E-state index in [2.05, 4.69) is 10.2 Å². The Hall–Kier alpha value is -1.09. The highest BCUT2D eigenvalue weighted by Gasteiger charge is 2.20. The van der Waals surface area contributed by atoms with Crippen LogP contribution in [0.2, 0.25) is 0 Å². The second-order valence-corrected chi connectivity index (χ2v) is 4.77. The summed E-state index contributed by atoms with van der Waals surface area (Å²) in [5.74, 6) is 0.701. The topological polar surface area (TPSA) is 15.3 Å². The van der Waals surface area contributed by atoms with E-state index in [1.165, 1.54) is 19.3 Å². The summed E-state index contributed by atoms with van der Waals surface area (Å²) in [6.07, 6.45) is 3.59. The van der Waals surface area contributed by atoms with Crippen LogP contribution in [0, 0.1) is 11.7 Å². The predicted molar refractivity (Wildman–Crippen MR) is 69.9 cm³/mol. The number of anilines is 1. The lowest BCUT2D eigenvalue weighted by Gasteiger charge is -2.33. The fraction of sp³-hybridized carbons (Fsp3) is 0.571. The lowest BCUT2D eigenvalue weighted by atomic mass is 9.93. The molecular weight excluding hydrogens is 215 g/mol. The first-order valence-electron chi connectivity index (χ1n) is 6.45. The van der Waals surface area contributed by atoms with Crippen molar-refractivity contribution in [3.8, 4) is 0 Å². The second kappa shape index (κ2) is 6.01. The standard InChI is InChI=1S/C14H21FN2/c1-16-9-6-12-7-10-17(11-8-12)14-5-3-2-4-13(14)15/h2-5,12,16H,6-11H2,1H3. The molecule has 0 unspecified atom stereocenters. The fourth-order valence-electron chi connectivity index (χ4n) is 2.52. The van der Waals surface area contributed by atoms with Gasteiger partial charge in [0.15, 0.2) is 0 Å². The van der Waals surface area contributed by atoms with Crippen molar-refractivity contribution < 1.29 is 4.39 Å². The molecule has 1 aliphatic heterocycles. The number of nitrogens with one attached hydrogen (secondary N) is 1. The van der Waals surface area contributed by atoms with Gasteiger partial charge in [-0.2, -0.15) is 0 Å². The molecule has 0 saturated carbocycles. The summed E-state index contributed by atoms with van der Waals surface area (Å²) in [6, 6.07) is 7.08. The minimum absolute atomic E-state index is 0.0961. The van der Waals surface area contributed by atoms with Crippen LogP contribution < -0.4 is 10.2 Å². The molecule has 0 spiro atoms. The van der Waals surface area contributed by atoms with Crippen LogP contribution in [0.1, 0.15) is 19.3 Å². The Balaban J connectivity index is 1.89. The molecule has 0 radical (unpaired) electrons. The van der Waals surface area contributed by atoms with Crippen LogP contribution in [0.4, 0.5) is 10.1 Å². The Kier molecular flexibility index (Phi) is 4.37. The molecule has 17 heavy (non-hydrogen) atoms. The molecule has 1 N–H and O–H groups in total. The van der Waals surface area contributed by atoms with Crippen molar-refractivity contribution in [2.45, 2.75) is 19.3 Å². The number of rotatable bonds is 4. The summed E-state index contributed by atoms with van der Waals surface area (Å²) in [6.45, 7) is 3.05. The summed E-state index contributed by atoms with van der Waals surface area (Å²) < 4.78 is 13.6. The first-order chi connectivity index (χ1) is 8.31. The van der Waals surface area contributed by atoms with E-state index in [0.717, 1.165) is 31.2 Å². The minimum Gasteiger partial charge on any atom is -0.369 e. The number of nitrogens with zero attached hydrogens (tertiary/aromatic N) is 1. The Morgan fingerprint density at radius 3 is 2.65 bits per heavy atom. The van der Waals surface area contributed by atoms with E-state index in [-0.39, 0.29) is 5.82 Å². The van der Waals surface area contributed by atoms with Crippen LogP contribution in [-0.4, -0.2) is 26.7 Å². The Bertz CT molecular complexity index is 346. The molecule has 0 aromatic heterocycles. The third-order valence-corrected chi connectivity index (χ3v) is 3.61. The van der Waals surface area contributed by atoms with E-state index < -0.39 is 0 Å². The quantitative estimate of drug-likeness (QED) is 0.864. The van der Waals surface area contributed by atoms with Gasteiger partial charge >= 0.3 is 0 Å². The molecule has 2 rings (SSSR count). The van der Waals surface area contributed by atoms with Gasteiger partial charge < -0.3 is 10.2 Å². The van der Waals surface area contributed by atoms with Crippen molar-refractivity contribution in [3.05, 3.63) is 30.1 Å². The van der Waals surface area contributed by atoms with Crippen LogP contribution in [-0.2, 0) is 0 Å². The second-order valence-electron chi connectivity index (χ2n) is 4.77. The number of para-hydroxylation sites is 1. The van der Waals surface area contributed by atoms with E-state index in [1.807, 2.05) is 19.2 Å². The number of halogens is 1. The molecule has 0 aliphatic carbocycles. The van der Waals surface area contributed by atoms with Crippen molar-refractivity contribution in [2.75, 3.05) is 31.6 Å². The summed E-state index contributed by atoms with van der Waals surface area (Å²) >= 11 is 0. The van der Waals surface area contributed by atoms with Crippen molar-refractivity contribution in [1.29, 1.82) is 0 Å². The molecule has 1 saturated heterocycles. The monoisotopic (exact) mass is 236 g/mol. The third-order valence-electron chi connectivity index (χ3n) is 3.61. The van der Waals surface area contributed by atoms with Gasteiger partial charge in [-0.25, -0.2) is 4.39 Å². The van der Waals surface area contributed by atoms with Crippen molar-refractivity contribution >= 4 is 5.69 Å². The Morgan fingerprint density at radius 2 is 2.00 bits per heavy atom. The molecule has 94 valence electrons. The van der Waals surface area contributed by atoms with Gasteiger partial charge in [0.25, 0.3) is 0 Å². The molecule has 1 aromatic carbocycles. The molecule has 1 aromatic rings. The van der Waals surface area contributed by atoms with Gasteiger partial charge in [-0.15, -0.1) is 0 Å². The highest BCUT2D eigenvalue weighted by molar-refractivity contribution is 5.47. The van der Waals surface area contributed by atoms with Gasteiger partial charge in [-0.1, -0.05) is 12.1 Å². The molecule has 0 bridgehead atoms. The van der Waals surface area contributed by atoms with E-state index in [4.69, 9.17) is 0 Å². The summed E-state index contributed by atoms with van der Waals surface area (Å²) in [5, 5.41) is 3.19. The number of hydrogen-bond donors (Lipinski definition) is 1. The Morgan fingerprint density at radius 1 is 1.29 bits per heavy atom. The maximum atomic E-state index is 13.6. The smallest absolute Gasteiger partial charge is 0.146 e. The first-order valence-corrected chi connectivity index (χ1v) is 6.45. The highest BCUT2D eigenvalue weighted by Crippen LogP contribution is 2.26. The number of hydrogen-bond acceptors (Lipinski definition) is 2. The van der Waals surface area contributed by atoms with Crippen LogP contribution in [0.5, 0.6) is 0 Å². The predicted octanol–water partition coefficient (Wildman–Crippen LogP) is 2.65. The van der Waals surface area contributed by atoms with Gasteiger partial charge in [0, 0.05) is 13.1 Å². The molecule has 0 atom stereocenters. The van der Waals surface area contributed by atoms with Crippen molar-refractivity contribution in [1.82, 2.24) is 5.32 Å². The lowest BCUT2D eigenvalue weighted by molar-refractivity contribution is 0.376. The Labute approximate surface area is 103 Å². The highest BCUT2D eigenvalue weighted by atomic mass is 19.1. The molecule has 3 heteroatoms. The molecule has 1 aliphatic rings. The summed E-state index contributed by atoms with van der Waals surface area (Å²) in [5.41, 5.74) is 0.763. The van der Waals surface area contributed by atoms with Crippen molar-refractivity contribution in [2.24, 2.45) is 5.92 Å². The first kappa shape index (κ1) is 12.4. The minimum atomic E-state index is -0.0961. The zero-order chi connectivity index (χ0) is 12.1. The molecule has 1 heterocycles. The molecule has 1 fully saturated rings. The van der Waals surface area contributed by atoms with Gasteiger partial charge in [0.05, 0.1) is 5.69 Å². The van der Waals surface area contributed by atoms with Gasteiger partial charge in [0.2, 0.25) is 0 Å². The lowest BCUT2D eigenvalue weighted by Crippen LogP contribution is -2.35. The average molecular weight is 236 g/mol. The number of piperidine rings is 1. The summed E-state index contributed by atoms with van der Waals surface area (Å²) in [4.78, 5) is 2.17. The van der Waals surface area contributed by atoms with E-state index >= 15 is 0 Å². The van der Waals surface area contributed by atoms with Crippen LogP contribution in [0.25, 0.3) is 0 Å². The van der Waals surface area contributed by atoms with Crippen LogP contribution in [0.3, 0.4) is 0 Å². The molecule has 2 nitrogen and oxygen atoms in total. The zero-order valence-corrected chi connectivity index (χ0v) is 10.5. The van der Waals surface area contributed by atoms with Gasteiger partial charge in [-0.05, 0) is 50.9 Å². The fourth-order valence-corrected chi connectivity index (χ4v) is 2.52. The normalized spacial score (nSPS) is 17.4. The summed E-state index contributed by atoms with van der Waals surface area (Å²) in [7, 11) is 1.99. The maximum absolute atomic E-state index is 13.6. The van der Waals surface area contributed by atoms with Crippen molar-refractivity contribution in [3.63, 3.8) is 0 Å². The molecular formula is C14H21FN2. The zero-order valence-electron chi connectivity index (χ0n) is 10.5. The van der Waals surface area contributed by atoms with Gasteiger partial charge in [0.1, 0.15) is 5.82 Å². The average Bonchev–Trinajstić information content (AvgIpc) is 2.38. The van der Waals surface area contributed by atoms with Crippen LogP contribution in [0.15, 0.2) is 24.3 Å². The largest absolute Gasteiger partial charge is 0.369 e. The van der Waals surface area contributed by atoms with Crippen LogP contribution >= 0.6 is 0 Å². The van der Waals surface area contributed by atoms with Gasteiger partial charge in [-0.3, -0.25) is 0 Å². The van der Waals surface area contributed by atoms with E-state index in [9.17, 15) is 4.39 Å².